The zero-order valence-electron chi connectivity index (χ0n) is 60.4. The van der Waals surface area contributed by atoms with E-state index in [1.807, 2.05) is 0 Å². The van der Waals surface area contributed by atoms with Gasteiger partial charge >= 0.3 is 39.5 Å². The van der Waals surface area contributed by atoms with Gasteiger partial charge in [-0.25, -0.2) is 9.13 Å². The Morgan fingerprint density at radius 3 is 0.731 bits per heavy atom. The predicted octanol–water partition coefficient (Wildman–Crippen LogP) is 21.7. The molecule has 0 bridgehead atoms. The van der Waals surface area contributed by atoms with Crippen LogP contribution >= 0.6 is 15.6 Å². The summed E-state index contributed by atoms with van der Waals surface area (Å²) in [5.74, 6) is -1.33. The van der Waals surface area contributed by atoms with Crippen LogP contribution in [0.25, 0.3) is 0 Å². The highest BCUT2D eigenvalue weighted by Crippen LogP contribution is 2.45. The average Bonchev–Trinajstić information content (AvgIpc) is 2.70. The van der Waals surface area contributed by atoms with Gasteiger partial charge in [0, 0.05) is 25.7 Å². The summed E-state index contributed by atoms with van der Waals surface area (Å²) in [6, 6.07) is 0. The summed E-state index contributed by atoms with van der Waals surface area (Å²) in [6.45, 7) is 7.28. The Kier molecular flexibility index (Phi) is 65.9. The summed E-state index contributed by atoms with van der Waals surface area (Å²) >= 11 is 0. The molecule has 0 aromatic rings. The second-order valence-electron chi connectivity index (χ2n) is 27.2. The summed E-state index contributed by atoms with van der Waals surface area (Å²) < 4.78 is 68.4. The molecule has 0 heterocycles. The van der Waals surface area contributed by atoms with Gasteiger partial charge < -0.3 is 33.8 Å². The van der Waals surface area contributed by atoms with E-state index in [2.05, 4.69) is 34.6 Å². The van der Waals surface area contributed by atoms with E-state index in [1.54, 1.807) is 0 Å². The smallest absolute Gasteiger partial charge is 0.462 e. The second-order valence-corrected chi connectivity index (χ2v) is 30.1. The lowest BCUT2D eigenvalue weighted by atomic mass is 10.0. The van der Waals surface area contributed by atoms with Gasteiger partial charge in [0.15, 0.2) is 12.2 Å². The molecule has 0 saturated carbocycles. The first kappa shape index (κ1) is 91.1. The lowest BCUT2D eigenvalue weighted by Gasteiger charge is -2.21. The third-order valence-electron chi connectivity index (χ3n) is 17.3. The number of aliphatic hydroxyl groups excluding tert-OH is 1. The maximum Gasteiger partial charge on any atom is 0.472 e. The Bertz CT molecular complexity index is 1790. The van der Waals surface area contributed by atoms with Crippen molar-refractivity contribution in [3.63, 3.8) is 0 Å². The molecule has 552 valence electrons. The largest absolute Gasteiger partial charge is 0.472 e. The highest BCUT2D eigenvalue weighted by molar-refractivity contribution is 7.47. The molecule has 0 saturated heterocycles. The van der Waals surface area contributed by atoms with Crippen LogP contribution in [0.1, 0.15) is 388 Å². The second kappa shape index (κ2) is 67.3. The normalized spacial score (nSPS) is 14.0. The van der Waals surface area contributed by atoms with Crippen LogP contribution < -0.4 is 0 Å². The predicted molar refractivity (Wildman–Crippen MR) is 377 cm³/mol. The Hall–Kier alpha value is -1.94. The molecule has 0 radical (unpaired) electrons. The van der Waals surface area contributed by atoms with Crippen LogP contribution in [0.15, 0.2) is 0 Å². The number of rotatable bonds is 74. The van der Waals surface area contributed by atoms with Crippen molar-refractivity contribution in [2.75, 3.05) is 39.6 Å². The molecule has 0 aliphatic heterocycles. The fourth-order valence-corrected chi connectivity index (χ4v) is 12.9. The Morgan fingerprint density at radius 2 is 0.495 bits per heavy atom. The minimum atomic E-state index is -4.95. The van der Waals surface area contributed by atoms with Crippen molar-refractivity contribution >= 4 is 39.5 Å². The van der Waals surface area contributed by atoms with E-state index in [9.17, 15) is 43.2 Å². The SMILES string of the molecule is CCCCCCCCCCCCCCCCCCCCC(=O)O[C@H](COC(=O)CCCCCCCCCCCCCCC(C)C)COP(=O)(O)OC[C@@H](O)COP(=O)(O)OC[C@@H](COC(=O)CCCCCCCCCCCC)OC(=O)CCCCCCCCCCCC. The number of carbonyl (C=O) groups excluding carboxylic acids is 4. The lowest BCUT2D eigenvalue weighted by molar-refractivity contribution is -0.161. The zero-order valence-corrected chi connectivity index (χ0v) is 62.2. The van der Waals surface area contributed by atoms with E-state index < -0.39 is 97.5 Å². The van der Waals surface area contributed by atoms with Gasteiger partial charge in [-0.15, -0.1) is 0 Å². The molecule has 93 heavy (non-hydrogen) atoms. The van der Waals surface area contributed by atoms with Crippen LogP contribution in [0.5, 0.6) is 0 Å². The molecule has 0 rings (SSSR count). The van der Waals surface area contributed by atoms with Crippen LogP contribution in [0, 0.1) is 5.92 Å². The van der Waals surface area contributed by atoms with Gasteiger partial charge in [-0.1, -0.05) is 336 Å². The maximum atomic E-state index is 13.1. The van der Waals surface area contributed by atoms with Crippen molar-refractivity contribution < 1.29 is 80.2 Å². The molecule has 0 fully saturated rings. The highest BCUT2D eigenvalue weighted by atomic mass is 31.2. The first-order chi connectivity index (χ1) is 45.0. The monoisotopic (exact) mass is 1370 g/mol. The highest BCUT2D eigenvalue weighted by Gasteiger charge is 2.30. The molecular formula is C74H144O17P2. The van der Waals surface area contributed by atoms with Crippen molar-refractivity contribution in [3.8, 4) is 0 Å². The molecule has 0 aliphatic rings. The third-order valence-corrected chi connectivity index (χ3v) is 19.2. The van der Waals surface area contributed by atoms with E-state index in [4.69, 9.17) is 37.0 Å². The molecule has 17 nitrogen and oxygen atoms in total. The van der Waals surface area contributed by atoms with Gasteiger partial charge in [-0.2, -0.15) is 0 Å². The first-order valence-electron chi connectivity index (χ1n) is 38.6. The number of unbranched alkanes of at least 4 members (excludes halogenated alkanes) is 46. The van der Waals surface area contributed by atoms with E-state index in [-0.39, 0.29) is 25.7 Å². The number of hydrogen-bond acceptors (Lipinski definition) is 15. The number of hydrogen-bond donors (Lipinski definition) is 3. The van der Waals surface area contributed by atoms with Crippen molar-refractivity contribution in [2.45, 2.75) is 406 Å². The van der Waals surface area contributed by atoms with Crippen LogP contribution in [0.2, 0.25) is 0 Å². The lowest BCUT2D eigenvalue weighted by Crippen LogP contribution is -2.30. The van der Waals surface area contributed by atoms with E-state index in [1.165, 1.54) is 212 Å². The zero-order chi connectivity index (χ0) is 68.4. The van der Waals surface area contributed by atoms with Gasteiger partial charge in [-0.3, -0.25) is 37.3 Å². The molecule has 0 aliphatic carbocycles. The van der Waals surface area contributed by atoms with Crippen LogP contribution in [0.3, 0.4) is 0 Å². The number of carbonyl (C=O) groups is 4. The van der Waals surface area contributed by atoms with Gasteiger partial charge in [0.1, 0.15) is 19.3 Å². The number of esters is 4. The fourth-order valence-electron chi connectivity index (χ4n) is 11.4. The Balaban J connectivity index is 5.22. The molecular weight excluding hydrogens is 1220 g/mol. The van der Waals surface area contributed by atoms with Gasteiger partial charge in [0.25, 0.3) is 0 Å². The molecule has 0 aromatic carbocycles. The summed E-state index contributed by atoms with van der Waals surface area (Å²) in [7, 11) is -9.90. The fraction of sp³-hybridized carbons (Fsp3) is 0.946. The van der Waals surface area contributed by atoms with Gasteiger partial charge in [0.2, 0.25) is 0 Å². The summed E-state index contributed by atoms with van der Waals surface area (Å²) in [6.07, 6.45) is 55.4. The van der Waals surface area contributed by atoms with Crippen LogP contribution in [0.4, 0.5) is 0 Å². The summed E-state index contributed by atoms with van der Waals surface area (Å²) in [5, 5.41) is 10.6. The van der Waals surface area contributed by atoms with Crippen molar-refractivity contribution in [1.82, 2.24) is 0 Å². The Morgan fingerprint density at radius 1 is 0.290 bits per heavy atom. The van der Waals surface area contributed by atoms with Crippen LogP contribution in [-0.4, -0.2) is 96.7 Å². The molecule has 5 atom stereocenters. The van der Waals surface area contributed by atoms with Gasteiger partial charge in [0.05, 0.1) is 26.4 Å². The minimum Gasteiger partial charge on any atom is -0.462 e. The summed E-state index contributed by atoms with van der Waals surface area (Å²) in [4.78, 5) is 72.7. The standard InChI is InChI=1S/C74H144O17P2/c1-6-9-12-15-18-21-24-25-26-27-28-29-30-35-40-45-50-55-60-74(79)91-70(64-85-72(77)58-53-48-43-39-34-32-31-33-36-41-46-51-56-67(4)5)66-89-93(82,83)87-62-68(75)61-86-92(80,81)88-65-69(90-73(78)59-54-49-44-38-23-20-17-14-11-8-3)63-84-71(76)57-52-47-42-37-22-19-16-13-10-7-2/h67-70,75H,6-66H2,1-5H3,(H,80,81)(H,82,83)/t68-,69+,70+/m0/s1. The van der Waals surface area contributed by atoms with E-state index in [0.717, 1.165) is 95.8 Å². The van der Waals surface area contributed by atoms with Crippen molar-refractivity contribution in [3.05, 3.63) is 0 Å². The quantitative estimate of drug-likeness (QED) is 0.0222. The van der Waals surface area contributed by atoms with E-state index >= 15 is 0 Å². The minimum absolute atomic E-state index is 0.107. The number of ether oxygens (including phenoxy) is 4. The molecule has 19 heteroatoms. The molecule has 0 amide bonds. The van der Waals surface area contributed by atoms with E-state index in [0.29, 0.717) is 25.7 Å². The van der Waals surface area contributed by atoms with Crippen molar-refractivity contribution in [1.29, 1.82) is 0 Å². The maximum absolute atomic E-state index is 13.1. The third kappa shape index (κ3) is 68.4. The number of phosphoric ester groups is 2. The van der Waals surface area contributed by atoms with Crippen LogP contribution in [-0.2, 0) is 65.4 Å². The molecule has 3 N–H and O–H groups in total. The Labute approximate surface area is 568 Å². The number of phosphoric acid groups is 2. The average molecular weight is 1370 g/mol. The number of aliphatic hydroxyl groups is 1. The molecule has 2 unspecified atom stereocenters. The topological polar surface area (TPSA) is 237 Å². The van der Waals surface area contributed by atoms with Crippen molar-refractivity contribution in [2.24, 2.45) is 5.92 Å². The first-order valence-corrected chi connectivity index (χ1v) is 41.6. The molecule has 0 aromatic heterocycles. The van der Waals surface area contributed by atoms with Gasteiger partial charge in [-0.05, 0) is 31.6 Å². The molecule has 0 spiro atoms. The summed E-state index contributed by atoms with van der Waals surface area (Å²) in [5.41, 5.74) is 0.